The van der Waals surface area contributed by atoms with Crippen LogP contribution in [0, 0.1) is 5.92 Å². The van der Waals surface area contributed by atoms with E-state index < -0.39 is 0 Å². The van der Waals surface area contributed by atoms with E-state index in [1.807, 2.05) is 4.90 Å². The summed E-state index contributed by atoms with van der Waals surface area (Å²) >= 11 is 5.51. The first-order chi connectivity index (χ1) is 5.65. The molecule has 0 unspecified atom stereocenters. The number of amides is 1. The van der Waals surface area contributed by atoms with E-state index in [9.17, 15) is 4.79 Å². The van der Waals surface area contributed by atoms with Gasteiger partial charge in [0, 0.05) is 12.6 Å². The third-order valence-corrected chi connectivity index (χ3v) is 2.21. The highest BCUT2D eigenvalue weighted by Crippen LogP contribution is 2.27. The van der Waals surface area contributed by atoms with Gasteiger partial charge in [0.05, 0.1) is 0 Å². The van der Waals surface area contributed by atoms with Crippen LogP contribution in [0.4, 0.5) is 0 Å². The van der Waals surface area contributed by atoms with E-state index >= 15 is 0 Å². The highest BCUT2D eigenvalue weighted by Gasteiger charge is 2.31. The van der Waals surface area contributed by atoms with Gasteiger partial charge in [-0.05, 0) is 18.8 Å². The second-order valence-electron chi connectivity index (χ2n) is 3.80. The fraction of sp³-hybridized carbons (Fsp3) is 0.889. The zero-order chi connectivity index (χ0) is 9.14. The molecule has 1 saturated carbocycles. The number of hydrogen-bond acceptors (Lipinski definition) is 1. The molecule has 70 valence electrons. The van der Waals surface area contributed by atoms with Crippen LogP contribution in [0.25, 0.3) is 0 Å². The Morgan fingerprint density at radius 3 is 2.50 bits per heavy atom. The highest BCUT2D eigenvalue weighted by atomic mass is 35.5. The van der Waals surface area contributed by atoms with Crippen molar-refractivity contribution in [3.05, 3.63) is 0 Å². The fourth-order valence-electron chi connectivity index (χ4n) is 1.31. The molecule has 0 aromatic heterocycles. The van der Waals surface area contributed by atoms with Gasteiger partial charge in [0.25, 0.3) is 0 Å². The number of carbonyl (C=O) groups is 1. The van der Waals surface area contributed by atoms with E-state index in [-0.39, 0.29) is 11.8 Å². The van der Waals surface area contributed by atoms with Crippen LogP contribution in [0.3, 0.4) is 0 Å². The predicted octanol–water partition coefficient (Wildman–Crippen LogP) is 1.87. The van der Waals surface area contributed by atoms with Crippen LogP contribution in [-0.2, 0) is 4.79 Å². The molecule has 1 aliphatic carbocycles. The molecular weight excluding hydrogens is 174 g/mol. The molecule has 1 amide bonds. The maximum atomic E-state index is 11.3. The molecule has 1 fully saturated rings. The van der Waals surface area contributed by atoms with Crippen LogP contribution in [0.15, 0.2) is 0 Å². The summed E-state index contributed by atoms with van der Waals surface area (Å²) in [6, 6.07) is 0.499. The van der Waals surface area contributed by atoms with Crippen LogP contribution >= 0.6 is 11.6 Å². The van der Waals surface area contributed by atoms with E-state index in [1.54, 1.807) is 0 Å². The van der Waals surface area contributed by atoms with Gasteiger partial charge >= 0.3 is 0 Å². The van der Waals surface area contributed by atoms with Crippen LogP contribution in [0.2, 0.25) is 0 Å². The molecule has 0 atom stereocenters. The monoisotopic (exact) mass is 189 g/mol. The lowest BCUT2D eigenvalue weighted by Gasteiger charge is -2.23. The van der Waals surface area contributed by atoms with Gasteiger partial charge in [-0.3, -0.25) is 4.79 Å². The first kappa shape index (κ1) is 9.85. The lowest BCUT2D eigenvalue weighted by molar-refractivity contribution is -0.129. The summed E-state index contributed by atoms with van der Waals surface area (Å²) in [5.74, 6) is 0.758. The average Bonchev–Trinajstić information content (AvgIpc) is 2.81. The number of hydrogen-bond donors (Lipinski definition) is 0. The molecule has 1 rings (SSSR count). The number of nitrogens with zero attached hydrogens (tertiary/aromatic N) is 1. The minimum atomic E-state index is 0.0906. The van der Waals surface area contributed by atoms with Crippen molar-refractivity contribution in [2.24, 2.45) is 5.92 Å². The Morgan fingerprint density at radius 2 is 2.17 bits per heavy atom. The summed E-state index contributed by atoms with van der Waals surface area (Å²) in [6.45, 7) is 5.10. The maximum Gasteiger partial charge on any atom is 0.237 e. The molecule has 0 aromatic carbocycles. The minimum absolute atomic E-state index is 0.0906. The summed E-state index contributed by atoms with van der Waals surface area (Å²) in [5, 5.41) is 0. The van der Waals surface area contributed by atoms with E-state index in [4.69, 9.17) is 11.6 Å². The van der Waals surface area contributed by atoms with Crippen LogP contribution in [0.5, 0.6) is 0 Å². The molecule has 0 bridgehead atoms. The van der Waals surface area contributed by atoms with Crippen molar-refractivity contribution in [1.82, 2.24) is 4.90 Å². The first-order valence-corrected chi connectivity index (χ1v) is 5.04. The molecule has 12 heavy (non-hydrogen) atoms. The zero-order valence-corrected chi connectivity index (χ0v) is 8.47. The maximum absolute atomic E-state index is 11.3. The Hall–Kier alpha value is -0.240. The molecule has 0 saturated heterocycles. The summed E-state index contributed by atoms with van der Waals surface area (Å²) in [4.78, 5) is 13.3. The lowest BCUT2D eigenvalue weighted by atomic mass is 10.2. The minimum Gasteiger partial charge on any atom is -0.338 e. The van der Waals surface area contributed by atoms with Crippen LogP contribution in [-0.4, -0.2) is 29.3 Å². The van der Waals surface area contributed by atoms with Gasteiger partial charge in [0.15, 0.2) is 0 Å². The van der Waals surface area contributed by atoms with Gasteiger partial charge in [-0.1, -0.05) is 13.8 Å². The van der Waals surface area contributed by atoms with Crippen molar-refractivity contribution >= 4 is 17.5 Å². The van der Waals surface area contributed by atoms with Gasteiger partial charge in [-0.25, -0.2) is 0 Å². The Bertz CT molecular complexity index is 166. The van der Waals surface area contributed by atoms with Crippen LogP contribution < -0.4 is 0 Å². The number of carbonyl (C=O) groups excluding carboxylic acids is 1. The van der Waals surface area contributed by atoms with Gasteiger partial charge in [-0.2, -0.15) is 0 Å². The number of rotatable bonds is 4. The molecule has 0 aliphatic heterocycles. The number of halogens is 1. The molecule has 0 radical (unpaired) electrons. The molecule has 2 nitrogen and oxygen atoms in total. The van der Waals surface area contributed by atoms with Crippen molar-refractivity contribution in [1.29, 1.82) is 0 Å². The molecule has 0 N–H and O–H groups in total. The smallest absolute Gasteiger partial charge is 0.237 e. The summed E-state index contributed by atoms with van der Waals surface area (Å²) in [7, 11) is 0. The predicted molar refractivity (Wildman–Crippen MR) is 50.3 cm³/mol. The summed E-state index contributed by atoms with van der Waals surface area (Å²) in [6.07, 6.45) is 2.32. The van der Waals surface area contributed by atoms with Crippen molar-refractivity contribution in [3.8, 4) is 0 Å². The van der Waals surface area contributed by atoms with Crippen molar-refractivity contribution < 1.29 is 4.79 Å². The zero-order valence-electron chi connectivity index (χ0n) is 7.72. The van der Waals surface area contributed by atoms with Crippen LogP contribution in [0.1, 0.15) is 26.7 Å². The molecular formula is C9H16ClNO. The van der Waals surface area contributed by atoms with Gasteiger partial charge in [0.1, 0.15) is 5.88 Å². The normalized spacial score (nSPS) is 16.7. The average molecular weight is 190 g/mol. The second kappa shape index (κ2) is 4.13. The van der Waals surface area contributed by atoms with E-state index in [2.05, 4.69) is 13.8 Å². The standard InChI is InChI=1S/C9H16ClNO/c1-7(2)6-11(8-3-4-8)9(12)5-10/h7-8H,3-6H2,1-2H3. The first-order valence-electron chi connectivity index (χ1n) is 4.50. The third kappa shape index (κ3) is 2.67. The SMILES string of the molecule is CC(C)CN(C(=O)CCl)C1CC1. The van der Waals surface area contributed by atoms with Crippen molar-refractivity contribution in [2.45, 2.75) is 32.7 Å². The number of alkyl halides is 1. The quantitative estimate of drug-likeness (QED) is 0.619. The Labute approximate surface area is 78.9 Å². The van der Waals surface area contributed by atoms with Gasteiger partial charge < -0.3 is 4.90 Å². The molecule has 3 heteroatoms. The van der Waals surface area contributed by atoms with Crippen molar-refractivity contribution in [2.75, 3.05) is 12.4 Å². The van der Waals surface area contributed by atoms with E-state index in [0.717, 1.165) is 19.4 Å². The van der Waals surface area contributed by atoms with E-state index in [0.29, 0.717) is 12.0 Å². The fourth-order valence-corrected chi connectivity index (χ4v) is 1.46. The summed E-state index contributed by atoms with van der Waals surface area (Å²) in [5.41, 5.74) is 0. The third-order valence-electron chi connectivity index (χ3n) is 1.98. The Kier molecular flexibility index (Phi) is 3.39. The molecule has 0 spiro atoms. The van der Waals surface area contributed by atoms with Gasteiger partial charge in [-0.15, -0.1) is 11.6 Å². The Balaban J connectivity index is 2.42. The second-order valence-corrected chi connectivity index (χ2v) is 4.07. The van der Waals surface area contributed by atoms with Gasteiger partial charge in [0.2, 0.25) is 5.91 Å². The lowest BCUT2D eigenvalue weighted by Crippen LogP contribution is -2.36. The molecule has 0 heterocycles. The topological polar surface area (TPSA) is 20.3 Å². The molecule has 1 aliphatic rings. The molecule has 0 aromatic rings. The largest absolute Gasteiger partial charge is 0.338 e. The highest BCUT2D eigenvalue weighted by molar-refractivity contribution is 6.27. The Morgan fingerprint density at radius 1 is 1.58 bits per heavy atom. The van der Waals surface area contributed by atoms with E-state index in [1.165, 1.54) is 0 Å². The summed E-state index contributed by atoms with van der Waals surface area (Å²) < 4.78 is 0. The van der Waals surface area contributed by atoms with Crippen molar-refractivity contribution in [3.63, 3.8) is 0 Å².